The van der Waals surface area contributed by atoms with E-state index in [9.17, 15) is 4.79 Å². The predicted octanol–water partition coefficient (Wildman–Crippen LogP) is 0.882. The lowest BCUT2D eigenvalue weighted by Gasteiger charge is -2.19. The van der Waals surface area contributed by atoms with Crippen LogP contribution in [-0.4, -0.2) is 24.8 Å². The summed E-state index contributed by atoms with van der Waals surface area (Å²) in [5.41, 5.74) is 5.84. The molecule has 0 saturated heterocycles. The van der Waals surface area contributed by atoms with E-state index < -0.39 is 5.54 Å². The van der Waals surface area contributed by atoms with Gasteiger partial charge in [0.2, 0.25) is 6.79 Å². The summed E-state index contributed by atoms with van der Waals surface area (Å²) in [5.74, 6) is 0.898. The number of carbonyl (C=O) groups is 1. The highest BCUT2D eigenvalue weighted by Crippen LogP contribution is 2.35. The first-order chi connectivity index (χ1) is 7.97. The molecule has 0 saturated carbocycles. The lowest BCUT2D eigenvalue weighted by molar-refractivity contribution is 0.0941. The van der Waals surface area contributed by atoms with Crippen molar-refractivity contribution < 1.29 is 14.3 Å². The van der Waals surface area contributed by atoms with Gasteiger partial charge in [-0.05, 0) is 26.0 Å². The molecule has 0 aromatic heterocycles. The van der Waals surface area contributed by atoms with Crippen LogP contribution in [-0.2, 0) is 0 Å². The van der Waals surface area contributed by atoms with Crippen LogP contribution in [0.25, 0.3) is 0 Å². The number of amides is 1. The average Bonchev–Trinajstić information content (AvgIpc) is 2.72. The summed E-state index contributed by atoms with van der Waals surface area (Å²) in [6.45, 7) is 4.25. The van der Waals surface area contributed by atoms with E-state index in [0.29, 0.717) is 23.6 Å². The average molecular weight is 236 g/mol. The number of benzene rings is 1. The van der Waals surface area contributed by atoms with Crippen molar-refractivity contribution in [3.05, 3.63) is 23.8 Å². The number of hydrogen-bond acceptors (Lipinski definition) is 4. The van der Waals surface area contributed by atoms with Crippen molar-refractivity contribution in [3.8, 4) is 11.5 Å². The van der Waals surface area contributed by atoms with Crippen molar-refractivity contribution in [3.63, 3.8) is 0 Å². The van der Waals surface area contributed by atoms with E-state index in [-0.39, 0.29) is 12.7 Å². The number of nitrogens with one attached hydrogen (secondary N) is 1. The maximum Gasteiger partial charge on any atom is 0.255 e. The number of nitrogens with two attached hydrogens (primary N) is 1. The van der Waals surface area contributed by atoms with Gasteiger partial charge in [0, 0.05) is 12.1 Å². The quantitative estimate of drug-likeness (QED) is 0.817. The molecule has 1 aliphatic heterocycles. The molecule has 1 amide bonds. The van der Waals surface area contributed by atoms with Gasteiger partial charge in [0.1, 0.15) is 0 Å². The lowest BCUT2D eigenvalue weighted by atomic mass is 10.1. The van der Waals surface area contributed by atoms with Crippen LogP contribution in [0.1, 0.15) is 24.2 Å². The molecule has 3 N–H and O–H groups in total. The van der Waals surface area contributed by atoms with Crippen LogP contribution in [0.5, 0.6) is 11.5 Å². The third-order valence-corrected chi connectivity index (χ3v) is 2.35. The molecule has 0 fully saturated rings. The molecule has 5 nitrogen and oxygen atoms in total. The lowest BCUT2D eigenvalue weighted by Crippen LogP contribution is -2.45. The zero-order valence-electron chi connectivity index (χ0n) is 9.95. The molecule has 0 atom stereocenters. The van der Waals surface area contributed by atoms with E-state index in [4.69, 9.17) is 15.2 Å². The van der Waals surface area contributed by atoms with Crippen LogP contribution in [0.15, 0.2) is 18.2 Å². The molecule has 0 bridgehead atoms. The fraction of sp³-hybridized carbons (Fsp3) is 0.417. The molecule has 2 rings (SSSR count). The Morgan fingerprint density at radius 1 is 1.47 bits per heavy atom. The SMILES string of the molecule is CC(C)(N)CNC(=O)c1cccc2c1OCO2. The van der Waals surface area contributed by atoms with E-state index in [1.165, 1.54) is 0 Å². The van der Waals surface area contributed by atoms with Gasteiger partial charge in [-0.1, -0.05) is 6.07 Å². The second-order valence-corrected chi connectivity index (χ2v) is 4.71. The third-order valence-electron chi connectivity index (χ3n) is 2.35. The highest BCUT2D eigenvalue weighted by molar-refractivity contribution is 5.98. The molecule has 0 aliphatic carbocycles. The zero-order valence-corrected chi connectivity index (χ0v) is 9.95. The Morgan fingerprint density at radius 3 is 2.94 bits per heavy atom. The molecule has 0 unspecified atom stereocenters. The Kier molecular flexibility index (Phi) is 2.93. The van der Waals surface area contributed by atoms with Crippen LogP contribution >= 0.6 is 0 Å². The van der Waals surface area contributed by atoms with Gasteiger partial charge in [-0.3, -0.25) is 4.79 Å². The van der Waals surface area contributed by atoms with Gasteiger partial charge >= 0.3 is 0 Å². The van der Waals surface area contributed by atoms with Gasteiger partial charge in [-0.25, -0.2) is 0 Å². The standard InChI is InChI=1S/C12H16N2O3/c1-12(2,13)6-14-11(15)8-4-3-5-9-10(8)17-7-16-9/h3-5H,6-7,13H2,1-2H3,(H,14,15). The second kappa shape index (κ2) is 4.25. The molecule has 0 spiro atoms. The first-order valence-electron chi connectivity index (χ1n) is 5.43. The van der Waals surface area contributed by atoms with E-state index in [1.54, 1.807) is 18.2 Å². The maximum atomic E-state index is 11.9. The minimum absolute atomic E-state index is 0.155. The smallest absolute Gasteiger partial charge is 0.255 e. The Balaban J connectivity index is 2.13. The Labute approximate surface area is 99.9 Å². The number of rotatable bonds is 3. The normalized spacial score (nSPS) is 13.6. The molecular weight excluding hydrogens is 220 g/mol. The third kappa shape index (κ3) is 2.68. The summed E-state index contributed by atoms with van der Waals surface area (Å²) in [6, 6.07) is 5.23. The molecule has 1 heterocycles. The van der Waals surface area contributed by atoms with Crippen molar-refractivity contribution in [2.45, 2.75) is 19.4 Å². The van der Waals surface area contributed by atoms with Crippen LogP contribution < -0.4 is 20.5 Å². The van der Waals surface area contributed by atoms with Crippen LogP contribution in [0, 0.1) is 0 Å². The summed E-state index contributed by atoms with van der Waals surface area (Å²) >= 11 is 0. The molecular formula is C12H16N2O3. The summed E-state index contributed by atoms with van der Waals surface area (Å²) in [6.07, 6.45) is 0. The number of para-hydroxylation sites is 1. The fourth-order valence-corrected chi connectivity index (χ4v) is 1.51. The molecule has 5 heteroatoms. The summed E-state index contributed by atoms with van der Waals surface area (Å²) in [4.78, 5) is 11.9. The first-order valence-corrected chi connectivity index (χ1v) is 5.43. The number of fused-ring (bicyclic) bond motifs is 1. The molecule has 1 aliphatic rings. The van der Waals surface area contributed by atoms with Gasteiger partial charge < -0.3 is 20.5 Å². The van der Waals surface area contributed by atoms with Gasteiger partial charge in [0.25, 0.3) is 5.91 Å². The minimum Gasteiger partial charge on any atom is -0.454 e. The van der Waals surface area contributed by atoms with Crippen molar-refractivity contribution in [1.29, 1.82) is 0 Å². The van der Waals surface area contributed by atoms with Crippen LogP contribution in [0.4, 0.5) is 0 Å². The maximum absolute atomic E-state index is 11.9. The highest BCUT2D eigenvalue weighted by Gasteiger charge is 2.22. The molecule has 17 heavy (non-hydrogen) atoms. The zero-order chi connectivity index (χ0) is 12.5. The Morgan fingerprint density at radius 2 is 2.24 bits per heavy atom. The number of ether oxygens (including phenoxy) is 2. The minimum atomic E-state index is -0.440. The van der Waals surface area contributed by atoms with Crippen LogP contribution in [0.3, 0.4) is 0 Å². The summed E-state index contributed by atoms with van der Waals surface area (Å²) < 4.78 is 10.5. The van der Waals surface area contributed by atoms with Gasteiger partial charge in [0.15, 0.2) is 11.5 Å². The van der Waals surface area contributed by atoms with Gasteiger partial charge in [-0.15, -0.1) is 0 Å². The van der Waals surface area contributed by atoms with Gasteiger partial charge in [0.05, 0.1) is 5.56 Å². The van der Waals surface area contributed by atoms with Crippen molar-refractivity contribution in [1.82, 2.24) is 5.32 Å². The van der Waals surface area contributed by atoms with Crippen molar-refractivity contribution in [2.24, 2.45) is 5.73 Å². The Bertz CT molecular complexity index is 438. The van der Waals surface area contributed by atoms with Crippen molar-refractivity contribution >= 4 is 5.91 Å². The van der Waals surface area contributed by atoms with Crippen molar-refractivity contribution in [2.75, 3.05) is 13.3 Å². The van der Waals surface area contributed by atoms with E-state index >= 15 is 0 Å². The molecule has 1 aromatic carbocycles. The summed E-state index contributed by atoms with van der Waals surface area (Å²) in [7, 11) is 0. The molecule has 0 radical (unpaired) electrons. The monoisotopic (exact) mass is 236 g/mol. The van der Waals surface area contributed by atoms with Crippen LogP contribution in [0.2, 0.25) is 0 Å². The number of carbonyl (C=O) groups excluding carboxylic acids is 1. The topological polar surface area (TPSA) is 73.6 Å². The van der Waals surface area contributed by atoms with E-state index in [1.807, 2.05) is 13.8 Å². The molecule has 1 aromatic rings. The fourth-order valence-electron chi connectivity index (χ4n) is 1.51. The first kappa shape index (κ1) is 11.7. The highest BCUT2D eigenvalue weighted by atomic mass is 16.7. The summed E-state index contributed by atoms with van der Waals surface area (Å²) in [5, 5.41) is 2.77. The number of hydrogen-bond donors (Lipinski definition) is 2. The van der Waals surface area contributed by atoms with Gasteiger partial charge in [-0.2, -0.15) is 0 Å². The second-order valence-electron chi connectivity index (χ2n) is 4.71. The molecule has 92 valence electrons. The largest absolute Gasteiger partial charge is 0.454 e. The van der Waals surface area contributed by atoms with E-state index in [2.05, 4.69) is 5.32 Å². The van der Waals surface area contributed by atoms with E-state index in [0.717, 1.165) is 0 Å². The Hall–Kier alpha value is -1.75. The predicted molar refractivity (Wildman–Crippen MR) is 63.2 cm³/mol.